The molecule has 1 aliphatic rings. The van der Waals surface area contributed by atoms with E-state index in [0.29, 0.717) is 16.3 Å². The second-order valence-electron chi connectivity index (χ2n) is 7.87. The van der Waals surface area contributed by atoms with E-state index < -0.39 is 11.7 Å². The van der Waals surface area contributed by atoms with Crippen LogP contribution in [0.3, 0.4) is 0 Å². The van der Waals surface area contributed by atoms with Gasteiger partial charge in [-0.15, -0.1) is 0 Å². The van der Waals surface area contributed by atoms with Crippen molar-refractivity contribution in [3.63, 3.8) is 0 Å². The van der Waals surface area contributed by atoms with Crippen molar-refractivity contribution in [1.82, 2.24) is 14.9 Å². The molecule has 1 saturated heterocycles. The van der Waals surface area contributed by atoms with E-state index in [1.54, 1.807) is 12.1 Å². The molecule has 0 aliphatic carbocycles. The second-order valence-corrected chi connectivity index (χ2v) is 8.31. The number of amides is 1. The molecular weight excluding hydrogens is 443 g/mol. The molecule has 3 aromatic rings. The third-order valence-electron chi connectivity index (χ3n) is 5.82. The Balaban J connectivity index is 1.52. The summed E-state index contributed by atoms with van der Waals surface area (Å²) in [5.74, 6) is -0.959. The number of nitrogens with one attached hydrogen (secondary N) is 1. The summed E-state index contributed by atoms with van der Waals surface area (Å²) in [6.45, 7) is 7.47. The number of likely N-dealkylation sites (N-methyl/N-ethyl adjacent to an activating group) is 1. The van der Waals surface area contributed by atoms with E-state index in [9.17, 15) is 9.18 Å². The summed E-state index contributed by atoms with van der Waals surface area (Å²) in [5.41, 5.74) is 8.45. The monoisotopic (exact) mass is 468 g/mol. The van der Waals surface area contributed by atoms with Gasteiger partial charge in [0.05, 0.1) is 11.9 Å². The molecule has 9 heteroatoms. The number of nitrogens with zero attached hydrogens (tertiary/aromatic N) is 4. The summed E-state index contributed by atoms with van der Waals surface area (Å²) in [6, 6.07) is 12.5. The van der Waals surface area contributed by atoms with Crippen molar-refractivity contribution in [2.75, 3.05) is 42.9 Å². The van der Waals surface area contributed by atoms with E-state index in [1.807, 2.05) is 12.1 Å². The van der Waals surface area contributed by atoms with Crippen molar-refractivity contribution in [2.24, 2.45) is 5.73 Å². The summed E-state index contributed by atoms with van der Waals surface area (Å²) >= 11 is 5.81. The molecule has 0 spiro atoms. The number of hydrogen-bond acceptors (Lipinski definition) is 6. The fraction of sp³-hybridized carbons (Fsp3) is 0.292. The van der Waals surface area contributed by atoms with Crippen LogP contribution in [0.4, 0.5) is 15.9 Å². The highest BCUT2D eigenvalue weighted by Gasteiger charge is 2.17. The lowest BCUT2D eigenvalue weighted by Gasteiger charge is -2.35. The lowest BCUT2D eigenvalue weighted by atomic mass is 10.1. The molecule has 3 N–H and O–H groups in total. The Kier molecular flexibility index (Phi) is 7.05. The zero-order chi connectivity index (χ0) is 23.4. The number of benzene rings is 2. The SMILES string of the molecule is CCN1CCN(c2ccc(-c3cnc(C(N)=O)c(NCc4ccc(Cl)cc4F)n3)cc2)CC1. The van der Waals surface area contributed by atoms with Crippen LogP contribution in [0.2, 0.25) is 5.02 Å². The summed E-state index contributed by atoms with van der Waals surface area (Å²) in [7, 11) is 0. The highest BCUT2D eigenvalue weighted by atomic mass is 35.5. The van der Waals surface area contributed by atoms with Crippen molar-refractivity contribution in [1.29, 1.82) is 0 Å². The first-order valence-electron chi connectivity index (χ1n) is 10.9. The van der Waals surface area contributed by atoms with Gasteiger partial charge in [0.2, 0.25) is 0 Å². The number of carbonyl (C=O) groups excluding carboxylic acids is 1. The van der Waals surface area contributed by atoms with Crippen LogP contribution in [0, 0.1) is 5.82 Å². The Morgan fingerprint density at radius 2 is 1.88 bits per heavy atom. The van der Waals surface area contributed by atoms with E-state index in [2.05, 4.69) is 44.1 Å². The van der Waals surface area contributed by atoms with Crippen molar-refractivity contribution in [3.05, 3.63) is 70.8 Å². The summed E-state index contributed by atoms with van der Waals surface area (Å²) in [5, 5.41) is 3.30. The predicted octanol–water partition coefficient (Wildman–Crippen LogP) is 3.79. The molecule has 0 atom stereocenters. The molecule has 172 valence electrons. The fourth-order valence-corrected chi connectivity index (χ4v) is 4.00. The third-order valence-corrected chi connectivity index (χ3v) is 6.05. The number of piperazine rings is 1. The predicted molar refractivity (Wildman–Crippen MR) is 129 cm³/mol. The van der Waals surface area contributed by atoms with Crippen molar-refractivity contribution >= 4 is 29.0 Å². The van der Waals surface area contributed by atoms with Gasteiger partial charge in [-0.1, -0.05) is 36.7 Å². The molecule has 33 heavy (non-hydrogen) atoms. The van der Waals surface area contributed by atoms with E-state index >= 15 is 0 Å². The first-order chi connectivity index (χ1) is 15.9. The van der Waals surface area contributed by atoms with Gasteiger partial charge in [-0.2, -0.15) is 0 Å². The molecule has 1 aliphatic heterocycles. The van der Waals surface area contributed by atoms with E-state index in [1.165, 1.54) is 12.3 Å². The van der Waals surface area contributed by atoms with Crippen LogP contribution in [-0.2, 0) is 6.54 Å². The molecule has 0 radical (unpaired) electrons. The van der Waals surface area contributed by atoms with Gasteiger partial charge in [0.1, 0.15) is 5.82 Å². The van der Waals surface area contributed by atoms with E-state index in [0.717, 1.165) is 44.0 Å². The van der Waals surface area contributed by atoms with Gasteiger partial charge in [-0.05, 0) is 30.8 Å². The second kappa shape index (κ2) is 10.1. The number of nitrogens with two attached hydrogens (primary N) is 1. The molecule has 1 fully saturated rings. The van der Waals surface area contributed by atoms with Crippen LogP contribution in [0.5, 0.6) is 0 Å². The number of halogens is 2. The van der Waals surface area contributed by atoms with Crippen molar-refractivity contribution in [2.45, 2.75) is 13.5 Å². The van der Waals surface area contributed by atoms with Gasteiger partial charge in [0.25, 0.3) is 5.91 Å². The van der Waals surface area contributed by atoms with Gasteiger partial charge in [-0.3, -0.25) is 4.79 Å². The number of aromatic nitrogens is 2. The minimum absolute atomic E-state index is 0.00135. The quantitative estimate of drug-likeness (QED) is 0.548. The smallest absolute Gasteiger partial charge is 0.271 e. The number of carbonyl (C=O) groups is 1. The van der Waals surface area contributed by atoms with Crippen LogP contribution in [0.15, 0.2) is 48.7 Å². The molecule has 0 unspecified atom stereocenters. The molecule has 1 aromatic heterocycles. The molecule has 2 aromatic carbocycles. The first kappa shape index (κ1) is 22.9. The van der Waals surface area contributed by atoms with Crippen LogP contribution >= 0.6 is 11.6 Å². The molecule has 0 bridgehead atoms. The summed E-state index contributed by atoms with van der Waals surface area (Å²) < 4.78 is 14.1. The average molecular weight is 469 g/mol. The van der Waals surface area contributed by atoms with Gasteiger partial charge < -0.3 is 20.9 Å². The molecule has 7 nitrogen and oxygen atoms in total. The number of primary amides is 1. The number of hydrogen-bond donors (Lipinski definition) is 2. The molecule has 1 amide bonds. The van der Waals surface area contributed by atoms with Gasteiger partial charge in [-0.25, -0.2) is 14.4 Å². The maximum absolute atomic E-state index is 14.1. The molecule has 4 rings (SSSR count). The normalized spacial score (nSPS) is 14.3. The molecule has 2 heterocycles. The maximum atomic E-state index is 14.1. The standard InChI is InChI=1S/C24H26ClFN6O/c1-2-31-9-11-32(12-10-31)19-7-4-16(5-8-19)21-15-28-22(23(27)33)24(30-21)29-14-17-3-6-18(25)13-20(17)26/h3-8,13,15H,2,9-12,14H2,1H3,(H2,27,33)(H,29,30). The van der Waals surface area contributed by atoms with E-state index in [4.69, 9.17) is 17.3 Å². The largest absolute Gasteiger partial charge is 0.369 e. The third kappa shape index (κ3) is 5.40. The maximum Gasteiger partial charge on any atom is 0.271 e. The minimum atomic E-state index is -0.713. The van der Waals surface area contributed by atoms with E-state index in [-0.39, 0.29) is 18.1 Å². The zero-order valence-corrected chi connectivity index (χ0v) is 19.1. The lowest BCUT2D eigenvalue weighted by Crippen LogP contribution is -2.46. The van der Waals surface area contributed by atoms with Crippen molar-refractivity contribution in [3.8, 4) is 11.3 Å². The Morgan fingerprint density at radius 1 is 1.15 bits per heavy atom. The molecular formula is C24H26ClFN6O. The molecule has 0 saturated carbocycles. The van der Waals surface area contributed by atoms with Gasteiger partial charge in [0, 0.05) is 54.6 Å². The highest BCUT2D eigenvalue weighted by Crippen LogP contribution is 2.25. The zero-order valence-electron chi connectivity index (χ0n) is 18.4. The minimum Gasteiger partial charge on any atom is -0.369 e. The van der Waals surface area contributed by atoms with Crippen LogP contribution in [0.1, 0.15) is 23.0 Å². The average Bonchev–Trinajstić information content (AvgIpc) is 2.83. The first-order valence-corrected chi connectivity index (χ1v) is 11.2. The Hall–Kier alpha value is -3.23. The number of rotatable bonds is 7. The highest BCUT2D eigenvalue weighted by molar-refractivity contribution is 6.30. The van der Waals surface area contributed by atoms with Gasteiger partial charge >= 0.3 is 0 Å². The Labute approximate surface area is 197 Å². The lowest BCUT2D eigenvalue weighted by molar-refractivity contribution is 0.0996. The summed E-state index contributed by atoms with van der Waals surface area (Å²) in [6.07, 6.45) is 1.52. The Morgan fingerprint density at radius 3 is 2.52 bits per heavy atom. The van der Waals surface area contributed by atoms with Crippen LogP contribution < -0.4 is 16.0 Å². The fourth-order valence-electron chi connectivity index (χ4n) is 3.84. The Bertz CT molecular complexity index is 1130. The van der Waals surface area contributed by atoms with Crippen molar-refractivity contribution < 1.29 is 9.18 Å². The van der Waals surface area contributed by atoms with Gasteiger partial charge in [0.15, 0.2) is 11.5 Å². The van der Waals surface area contributed by atoms with Crippen LogP contribution in [0.25, 0.3) is 11.3 Å². The number of anilines is 2. The topological polar surface area (TPSA) is 87.4 Å². The van der Waals surface area contributed by atoms with Crippen LogP contribution in [-0.4, -0.2) is 53.5 Å². The summed E-state index contributed by atoms with van der Waals surface area (Å²) in [4.78, 5) is 25.4.